The Morgan fingerprint density at radius 2 is 1.93 bits per heavy atom. The molecule has 80 valence electrons. The summed E-state index contributed by atoms with van der Waals surface area (Å²) in [5, 5.41) is 0. The lowest BCUT2D eigenvalue weighted by atomic mass is 9.55. The summed E-state index contributed by atoms with van der Waals surface area (Å²) in [6.45, 7) is 2.29. The molecule has 2 atom stereocenters. The molecule has 0 N–H and O–H groups in total. The van der Waals surface area contributed by atoms with Gasteiger partial charge in [0.2, 0.25) is 0 Å². The Morgan fingerprint density at radius 3 is 2.43 bits per heavy atom. The molecule has 0 spiro atoms. The minimum Gasteiger partial charge on any atom is -0.303 e. The van der Waals surface area contributed by atoms with Crippen LogP contribution in [0.4, 0.5) is 0 Å². The first-order valence-electron chi connectivity index (χ1n) is 6.29. The van der Waals surface area contributed by atoms with Crippen LogP contribution in [-0.2, 0) is 4.79 Å². The molecule has 2 aliphatic carbocycles. The molecule has 2 fully saturated rings. The van der Waals surface area contributed by atoms with E-state index in [9.17, 15) is 4.79 Å². The predicted molar refractivity (Wildman–Crippen MR) is 58.1 cm³/mol. The first-order valence-corrected chi connectivity index (χ1v) is 6.29. The second kappa shape index (κ2) is 4.04. The molecule has 0 aromatic rings. The SMILES string of the molecule is CCC1CCCCC1C1(C=O)CCC1. The van der Waals surface area contributed by atoms with Crippen molar-refractivity contribution < 1.29 is 4.79 Å². The Morgan fingerprint density at radius 1 is 1.21 bits per heavy atom. The summed E-state index contributed by atoms with van der Waals surface area (Å²) in [4.78, 5) is 11.3. The molecular weight excluding hydrogens is 172 g/mol. The third kappa shape index (κ3) is 1.51. The topological polar surface area (TPSA) is 17.1 Å². The van der Waals surface area contributed by atoms with Gasteiger partial charge in [-0.25, -0.2) is 0 Å². The van der Waals surface area contributed by atoms with Crippen LogP contribution in [0.25, 0.3) is 0 Å². The van der Waals surface area contributed by atoms with Crippen LogP contribution in [0, 0.1) is 17.3 Å². The minimum atomic E-state index is 0.126. The van der Waals surface area contributed by atoms with Crippen LogP contribution in [-0.4, -0.2) is 6.29 Å². The average molecular weight is 194 g/mol. The van der Waals surface area contributed by atoms with Crippen LogP contribution >= 0.6 is 0 Å². The maximum atomic E-state index is 11.3. The Balaban J connectivity index is 2.09. The maximum absolute atomic E-state index is 11.3. The molecule has 1 nitrogen and oxygen atoms in total. The molecular formula is C13H22O. The van der Waals surface area contributed by atoms with Gasteiger partial charge in [0.25, 0.3) is 0 Å². The van der Waals surface area contributed by atoms with E-state index in [-0.39, 0.29) is 5.41 Å². The van der Waals surface area contributed by atoms with Crippen LogP contribution in [0.5, 0.6) is 0 Å². The minimum absolute atomic E-state index is 0.126. The Hall–Kier alpha value is -0.330. The molecule has 0 bridgehead atoms. The zero-order valence-corrected chi connectivity index (χ0v) is 9.30. The molecule has 0 heterocycles. The normalized spacial score (nSPS) is 36.1. The largest absolute Gasteiger partial charge is 0.303 e. The van der Waals surface area contributed by atoms with Crippen molar-refractivity contribution in [2.24, 2.45) is 17.3 Å². The fourth-order valence-corrected chi connectivity index (χ4v) is 3.61. The third-order valence-electron chi connectivity index (χ3n) is 4.69. The summed E-state index contributed by atoms with van der Waals surface area (Å²) in [5.41, 5.74) is 0.126. The number of carbonyl (C=O) groups is 1. The van der Waals surface area contributed by atoms with Crippen LogP contribution in [0.2, 0.25) is 0 Å². The smallest absolute Gasteiger partial charge is 0.126 e. The Bertz CT molecular complexity index is 205. The van der Waals surface area contributed by atoms with Crippen molar-refractivity contribution in [2.75, 3.05) is 0 Å². The first kappa shape index (κ1) is 10.2. The summed E-state index contributed by atoms with van der Waals surface area (Å²) >= 11 is 0. The van der Waals surface area contributed by atoms with Gasteiger partial charge >= 0.3 is 0 Å². The lowest BCUT2D eigenvalue weighted by molar-refractivity contribution is -0.128. The van der Waals surface area contributed by atoms with E-state index in [1.54, 1.807) is 0 Å². The summed E-state index contributed by atoms with van der Waals surface area (Å²) in [6, 6.07) is 0. The van der Waals surface area contributed by atoms with E-state index in [1.165, 1.54) is 57.7 Å². The molecule has 2 unspecified atom stereocenters. The zero-order chi connectivity index (χ0) is 10.0. The summed E-state index contributed by atoms with van der Waals surface area (Å²) in [7, 11) is 0. The molecule has 0 aromatic carbocycles. The highest BCUT2D eigenvalue weighted by atomic mass is 16.1. The monoisotopic (exact) mass is 194 g/mol. The van der Waals surface area contributed by atoms with E-state index in [0.717, 1.165) is 11.8 Å². The first-order chi connectivity index (χ1) is 6.82. The second-order valence-electron chi connectivity index (χ2n) is 5.26. The van der Waals surface area contributed by atoms with Gasteiger partial charge in [0, 0.05) is 5.41 Å². The fourth-order valence-electron chi connectivity index (χ4n) is 3.61. The van der Waals surface area contributed by atoms with Crippen molar-refractivity contribution >= 4 is 6.29 Å². The van der Waals surface area contributed by atoms with Crippen molar-refractivity contribution in [1.82, 2.24) is 0 Å². The van der Waals surface area contributed by atoms with E-state index < -0.39 is 0 Å². The van der Waals surface area contributed by atoms with Gasteiger partial charge in [0.15, 0.2) is 0 Å². The summed E-state index contributed by atoms with van der Waals surface area (Å²) in [5.74, 6) is 1.57. The van der Waals surface area contributed by atoms with E-state index in [0.29, 0.717) is 0 Å². The van der Waals surface area contributed by atoms with E-state index >= 15 is 0 Å². The second-order valence-corrected chi connectivity index (χ2v) is 5.26. The van der Waals surface area contributed by atoms with Gasteiger partial charge in [-0.2, -0.15) is 0 Å². The molecule has 0 saturated heterocycles. The lowest BCUT2D eigenvalue weighted by Crippen LogP contribution is -2.43. The van der Waals surface area contributed by atoms with Crippen molar-refractivity contribution in [3.63, 3.8) is 0 Å². The summed E-state index contributed by atoms with van der Waals surface area (Å²) < 4.78 is 0. The van der Waals surface area contributed by atoms with E-state index in [4.69, 9.17) is 0 Å². The number of hydrogen-bond donors (Lipinski definition) is 0. The van der Waals surface area contributed by atoms with Gasteiger partial charge in [-0.1, -0.05) is 39.0 Å². The predicted octanol–water partition coefficient (Wildman–Crippen LogP) is 3.57. The molecule has 0 aromatic heterocycles. The van der Waals surface area contributed by atoms with Crippen molar-refractivity contribution in [1.29, 1.82) is 0 Å². The van der Waals surface area contributed by atoms with Gasteiger partial charge in [-0.05, 0) is 31.1 Å². The molecule has 2 saturated carbocycles. The van der Waals surface area contributed by atoms with E-state index in [1.807, 2.05) is 0 Å². The molecule has 0 aliphatic heterocycles. The van der Waals surface area contributed by atoms with Crippen molar-refractivity contribution in [3.05, 3.63) is 0 Å². The van der Waals surface area contributed by atoms with Crippen LogP contribution < -0.4 is 0 Å². The van der Waals surface area contributed by atoms with E-state index in [2.05, 4.69) is 6.92 Å². The third-order valence-corrected chi connectivity index (χ3v) is 4.69. The Labute approximate surface area is 87.3 Å². The highest BCUT2D eigenvalue weighted by Gasteiger charge is 2.46. The molecule has 2 aliphatic rings. The number of carbonyl (C=O) groups excluding carboxylic acids is 1. The molecule has 0 radical (unpaired) electrons. The molecule has 2 rings (SSSR count). The molecule has 1 heteroatoms. The van der Waals surface area contributed by atoms with Crippen molar-refractivity contribution in [3.8, 4) is 0 Å². The van der Waals surface area contributed by atoms with Crippen molar-refractivity contribution in [2.45, 2.75) is 58.3 Å². The number of aldehydes is 1. The quantitative estimate of drug-likeness (QED) is 0.628. The average Bonchev–Trinajstić information content (AvgIpc) is 2.18. The van der Waals surface area contributed by atoms with Gasteiger partial charge in [-0.3, -0.25) is 0 Å². The molecule has 0 amide bonds. The fraction of sp³-hybridized carbons (Fsp3) is 0.923. The maximum Gasteiger partial charge on any atom is 0.126 e. The van der Waals surface area contributed by atoms with Crippen LogP contribution in [0.15, 0.2) is 0 Å². The lowest BCUT2D eigenvalue weighted by Gasteiger charge is -2.48. The highest BCUT2D eigenvalue weighted by molar-refractivity contribution is 5.61. The zero-order valence-electron chi connectivity index (χ0n) is 9.30. The van der Waals surface area contributed by atoms with Gasteiger partial charge in [0.1, 0.15) is 6.29 Å². The van der Waals surface area contributed by atoms with Gasteiger partial charge < -0.3 is 4.79 Å². The summed E-state index contributed by atoms with van der Waals surface area (Å²) in [6.07, 6.45) is 11.7. The van der Waals surface area contributed by atoms with Crippen LogP contribution in [0.1, 0.15) is 58.3 Å². The molecule has 14 heavy (non-hydrogen) atoms. The highest BCUT2D eigenvalue weighted by Crippen LogP contribution is 2.53. The number of hydrogen-bond acceptors (Lipinski definition) is 1. The standard InChI is InChI=1S/C13H22O/c1-2-11-6-3-4-7-12(11)13(10-14)8-5-9-13/h10-12H,2-9H2,1H3. The van der Waals surface area contributed by atoms with Gasteiger partial charge in [0.05, 0.1) is 0 Å². The Kier molecular flexibility index (Phi) is 2.94. The van der Waals surface area contributed by atoms with Crippen LogP contribution in [0.3, 0.4) is 0 Å². The number of rotatable bonds is 3. The van der Waals surface area contributed by atoms with Gasteiger partial charge in [-0.15, -0.1) is 0 Å².